The van der Waals surface area contributed by atoms with Crippen molar-refractivity contribution in [2.24, 2.45) is 5.73 Å². The van der Waals surface area contributed by atoms with Crippen LogP contribution in [-0.2, 0) is 11.3 Å². The zero-order chi connectivity index (χ0) is 16.5. The molecule has 23 heavy (non-hydrogen) atoms. The Labute approximate surface area is 143 Å². The molecule has 7 heteroatoms. The van der Waals surface area contributed by atoms with Crippen LogP contribution in [0, 0.1) is 0 Å². The van der Waals surface area contributed by atoms with Crippen LogP contribution in [0.4, 0.5) is 4.79 Å². The van der Waals surface area contributed by atoms with Crippen molar-refractivity contribution in [2.75, 3.05) is 13.2 Å². The van der Waals surface area contributed by atoms with Crippen LogP contribution in [-0.4, -0.2) is 30.1 Å². The third kappa shape index (κ3) is 6.03. The van der Waals surface area contributed by atoms with E-state index in [4.69, 9.17) is 10.5 Å². The molecule has 0 radical (unpaired) electrons. The predicted octanol–water partition coefficient (Wildman–Crippen LogP) is 3.72. The highest BCUT2D eigenvalue weighted by molar-refractivity contribution is 7.12. The average molecular weight is 352 g/mol. The number of hydrogen-bond donors (Lipinski definition) is 1. The molecule has 2 amide bonds. The van der Waals surface area contributed by atoms with Gasteiger partial charge in [-0.25, -0.2) is 4.79 Å². The third-order valence-corrected chi connectivity index (χ3v) is 4.98. The molecule has 0 aliphatic carbocycles. The van der Waals surface area contributed by atoms with Gasteiger partial charge in [0.05, 0.1) is 18.0 Å². The number of thiophene rings is 2. The van der Waals surface area contributed by atoms with Crippen LogP contribution < -0.4 is 5.73 Å². The lowest BCUT2D eigenvalue weighted by molar-refractivity contribution is 0.0746. The van der Waals surface area contributed by atoms with E-state index in [-0.39, 0.29) is 5.91 Å². The van der Waals surface area contributed by atoms with Crippen molar-refractivity contribution in [2.45, 2.75) is 25.8 Å². The SMILES string of the molecule is NC(=O)OCCCCCN(Cc1cccs1)C(=O)c1cccs1. The number of carbonyl (C=O) groups excluding carboxylic acids is 2. The van der Waals surface area contributed by atoms with Gasteiger partial charge >= 0.3 is 6.09 Å². The number of amides is 2. The fourth-order valence-electron chi connectivity index (χ4n) is 2.15. The molecule has 0 aromatic carbocycles. The maximum absolute atomic E-state index is 12.6. The molecule has 0 aliphatic rings. The van der Waals surface area contributed by atoms with Crippen LogP contribution in [0.15, 0.2) is 35.0 Å². The number of carbonyl (C=O) groups is 2. The van der Waals surface area contributed by atoms with Gasteiger partial charge in [-0.05, 0) is 42.2 Å². The van der Waals surface area contributed by atoms with E-state index in [1.165, 1.54) is 16.2 Å². The maximum Gasteiger partial charge on any atom is 0.404 e. The van der Waals surface area contributed by atoms with Crippen molar-refractivity contribution in [3.8, 4) is 0 Å². The predicted molar refractivity (Wildman–Crippen MR) is 92.8 cm³/mol. The molecule has 0 spiro atoms. The summed E-state index contributed by atoms with van der Waals surface area (Å²) in [6.07, 6.45) is 1.76. The first-order chi connectivity index (χ1) is 11.2. The van der Waals surface area contributed by atoms with Crippen molar-refractivity contribution in [1.82, 2.24) is 4.90 Å². The Morgan fingerprint density at radius 2 is 1.87 bits per heavy atom. The van der Waals surface area contributed by atoms with Crippen molar-refractivity contribution in [3.05, 3.63) is 44.8 Å². The minimum Gasteiger partial charge on any atom is -0.450 e. The van der Waals surface area contributed by atoms with Gasteiger partial charge in [0.15, 0.2) is 0 Å². The number of primary amides is 1. The molecule has 0 atom stereocenters. The normalized spacial score (nSPS) is 10.4. The van der Waals surface area contributed by atoms with E-state index in [0.29, 0.717) is 19.7 Å². The highest BCUT2D eigenvalue weighted by Gasteiger charge is 2.17. The number of hydrogen-bond acceptors (Lipinski definition) is 5. The summed E-state index contributed by atoms with van der Waals surface area (Å²) < 4.78 is 4.70. The number of rotatable bonds is 9. The summed E-state index contributed by atoms with van der Waals surface area (Å²) in [6.45, 7) is 1.65. The first-order valence-corrected chi connectivity index (χ1v) is 9.20. The van der Waals surface area contributed by atoms with Crippen molar-refractivity contribution < 1.29 is 14.3 Å². The smallest absolute Gasteiger partial charge is 0.404 e. The van der Waals surface area contributed by atoms with Gasteiger partial charge in [-0.3, -0.25) is 4.79 Å². The van der Waals surface area contributed by atoms with Crippen LogP contribution in [0.3, 0.4) is 0 Å². The van der Waals surface area contributed by atoms with E-state index in [1.54, 1.807) is 11.3 Å². The standard InChI is InChI=1S/C16H20N2O3S2/c17-16(20)21-9-3-1-2-8-18(12-13-6-4-10-22-13)15(19)14-7-5-11-23-14/h4-7,10-11H,1-3,8-9,12H2,(H2,17,20). The zero-order valence-corrected chi connectivity index (χ0v) is 14.4. The summed E-state index contributed by atoms with van der Waals surface area (Å²) in [5.74, 6) is 0.0711. The second-order valence-electron chi connectivity index (χ2n) is 5.01. The number of nitrogens with zero attached hydrogens (tertiary/aromatic N) is 1. The van der Waals surface area contributed by atoms with Crippen molar-refractivity contribution in [1.29, 1.82) is 0 Å². The summed E-state index contributed by atoms with van der Waals surface area (Å²) in [7, 11) is 0. The molecule has 2 N–H and O–H groups in total. The van der Waals surface area contributed by atoms with Crippen LogP contribution in [0.5, 0.6) is 0 Å². The van der Waals surface area contributed by atoms with Crippen LogP contribution in [0.2, 0.25) is 0 Å². The first kappa shape index (κ1) is 17.5. The lowest BCUT2D eigenvalue weighted by atomic mass is 10.2. The van der Waals surface area contributed by atoms with Gasteiger partial charge in [0, 0.05) is 11.4 Å². The Kier molecular flexibility index (Phi) is 7.09. The molecule has 2 heterocycles. The van der Waals surface area contributed by atoms with Gasteiger partial charge in [0.2, 0.25) is 0 Å². The molecular weight excluding hydrogens is 332 g/mol. The van der Waals surface area contributed by atoms with Crippen molar-refractivity contribution in [3.63, 3.8) is 0 Å². The van der Waals surface area contributed by atoms with Crippen LogP contribution >= 0.6 is 22.7 Å². The van der Waals surface area contributed by atoms with E-state index >= 15 is 0 Å². The van der Waals surface area contributed by atoms with Gasteiger partial charge in [-0.2, -0.15) is 0 Å². The molecule has 0 unspecified atom stereocenters. The first-order valence-electron chi connectivity index (χ1n) is 7.44. The lowest BCUT2D eigenvalue weighted by Gasteiger charge is -2.21. The quantitative estimate of drug-likeness (QED) is 0.699. The maximum atomic E-state index is 12.6. The van der Waals surface area contributed by atoms with E-state index in [2.05, 4.69) is 0 Å². The molecular formula is C16H20N2O3S2. The lowest BCUT2D eigenvalue weighted by Crippen LogP contribution is -2.30. The Hall–Kier alpha value is -1.86. The summed E-state index contributed by atoms with van der Waals surface area (Å²) >= 11 is 3.12. The van der Waals surface area contributed by atoms with Crippen LogP contribution in [0.1, 0.15) is 33.8 Å². The highest BCUT2D eigenvalue weighted by atomic mass is 32.1. The number of ether oxygens (including phenoxy) is 1. The molecule has 2 aromatic heterocycles. The molecule has 5 nitrogen and oxygen atoms in total. The van der Waals surface area contributed by atoms with E-state index < -0.39 is 6.09 Å². The summed E-state index contributed by atoms with van der Waals surface area (Å²) in [5, 5.41) is 3.93. The molecule has 0 bridgehead atoms. The van der Waals surface area contributed by atoms with Crippen molar-refractivity contribution >= 4 is 34.7 Å². The van der Waals surface area contributed by atoms with Crippen LogP contribution in [0.25, 0.3) is 0 Å². The number of nitrogens with two attached hydrogens (primary N) is 1. The summed E-state index contributed by atoms with van der Waals surface area (Å²) in [5.41, 5.74) is 4.91. The monoisotopic (exact) mass is 352 g/mol. The molecule has 2 aromatic rings. The molecule has 2 rings (SSSR count). The second-order valence-corrected chi connectivity index (χ2v) is 6.99. The molecule has 0 aliphatic heterocycles. The fraction of sp³-hybridized carbons (Fsp3) is 0.375. The van der Waals surface area contributed by atoms with E-state index in [9.17, 15) is 9.59 Å². The van der Waals surface area contributed by atoms with Gasteiger partial charge < -0.3 is 15.4 Å². The topological polar surface area (TPSA) is 72.6 Å². The summed E-state index contributed by atoms with van der Waals surface area (Å²) in [4.78, 5) is 26.9. The Bertz CT molecular complexity index is 597. The highest BCUT2D eigenvalue weighted by Crippen LogP contribution is 2.18. The summed E-state index contributed by atoms with van der Waals surface area (Å²) in [6, 6.07) is 7.78. The zero-order valence-electron chi connectivity index (χ0n) is 12.8. The van der Waals surface area contributed by atoms with E-state index in [1.807, 2.05) is 39.9 Å². The Morgan fingerprint density at radius 1 is 1.09 bits per heavy atom. The minimum absolute atomic E-state index is 0.0711. The Morgan fingerprint density at radius 3 is 2.52 bits per heavy atom. The van der Waals surface area contributed by atoms with Gasteiger partial charge in [-0.1, -0.05) is 12.1 Å². The number of unbranched alkanes of at least 4 members (excludes halogenated alkanes) is 2. The minimum atomic E-state index is -0.739. The average Bonchev–Trinajstić information content (AvgIpc) is 3.21. The third-order valence-electron chi connectivity index (χ3n) is 3.26. The molecule has 0 saturated heterocycles. The molecule has 0 saturated carbocycles. The molecule has 0 fully saturated rings. The largest absolute Gasteiger partial charge is 0.450 e. The molecule has 124 valence electrons. The Balaban J connectivity index is 1.84. The fourth-order valence-corrected chi connectivity index (χ4v) is 3.56. The van der Waals surface area contributed by atoms with Gasteiger partial charge in [-0.15, -0.1) is 22.7 Å². The van der Waals surface area contributed by atoms with Gasteiger partial charge in [0.25, 0.3) is 5.91 Å². The van der Waals surface area contributed by atoms with Gasteiger partial charge in [0.1, 0.15) is 0 Å². The van der Waals surface area contributed by atoms with E-state index in [0.717, 1.165) is 24.1 Å². The second kappa shape index (κ2) is 9.32.